The van der Waals surface area contributed by atoms with Crippen LogP contribution in [0.3, 0.4) is 0 Å². The van der Waals surface area contributed by atoms with Gasteiger partial charge in [-0.1, -0.05) is 23.7 Å². The molecule has 3 aromatic rings. The Hall–Kier alpha value is -2.37. The van der Waals surface area contributed by atoms with Crippen LogP contribution < -0.4 is 10.1 Å². The summed E-state index contributed by atoms with van der Waals surface area (Å²) in [5.41, 5.74) is 1.53. The first-order valence-electron chi connectivity index (χ1n) is 7.35. The molecule has 0 saturated heterocycles. The average Bonchev–Trinajstić information content (AvgIpc) is 3.04. The van der Waals surface area contributed by atoms with Crippen molar-refractivity contribution in [2.75, 3.05) is 0 Å². The highest BCUT2D eigenvalue weighted by Crippen LogP contribution is 2.21. The van der Waals surface area contributed by atoms with Crippen LogP contribution in [0, 0.1) is 0 Å². The predicted octanol–water partition coefficient (Wildman–Crippen LogP) is 4.31. The standard InChI is InChI=1S/C18H15ClN2O2S/c19-17-7-6-16(24-17)11-21-18(22)14-4-1-5-15(9-14)23-12-13-3-2-8-20-10-13/h1-10H,11-12H2,(H,21,22). The molecule has 3 rings (SSSR count). The highest BCUT2D eigenvalue weighted by molar-refractivity contribution is 7.16. The lowest BCUT2D eigenvalue weighted by atomic mass is 10.2. The number of carbonyl (C=O) groups excluding carboxylic acids is 1. The lowest BCUT2D eigenvalue weighted by Crippen LogP contribution is -2.22. The van der Waals surface area contributed by atoms with E-state index in [0.29, 0.717) is 28.8 Å². The number of ether oxygens (including phenoxy) is 1. The van der Waals surface area contributed by atoms with Crippen molar-refractivity contribution in [1.82, 2.24) is 10.3 Å². The number of nitrogens with one attached hydrogen (secondary N) is 1. The van der Waals surface area contributed by atoms with Gasteiger partial charge in [-0.25, -0.2) is 0 Å². The first-order valence-corrected chi connectivity index (χ1v) is 8.54. The van der Waals surface area contributed by atoms with Crippen molar-refractivity contribution in [3.8, 4) is 5.75 Å². The maximum absolute atomic E-state index is 12.2. The molecule has 0 fully saturated rings. The fourth-order valence-corrected chi connectivity index (χ4v) is 3.12. The van der Waals surface area contributed by atoms with Crippen molar-refractivity contribution in [3.63, 3.8) is 0 Å². The van der Waals surface area contributed by atoms with Gasteiger partial charge in [0.25, 0.3) is 5.91 Å². The topological polar surface area (TPSA) is 51.2 Å². The van der Waals surface area contributed by atoms with Gasteiger partial charge in [-0.3, -0.25) is 9.78 Å². The van der Waals surface area contributed by atoms with Gasteiger partial charge in [0.2, 0.25) is 0 Å². The van der Waals surface area contributed by atoms with Crippen LogP contribution in [0.15, 0.2) is 60.9 Å². The molecule has 0 spiro atoms. The Morgan fingerprint density at radius 1 is 1.21 bits per heavy atom. The van der Waals surface area contributed by atoms with E-state index in [0.717, 1.165) is 10.4 Å². The molecule has 0 radical (unpaired) electrons. The number of nitrogens with zero attached hydrogens (tertiary/aromatic N) is 1. The van der Waals surface area contributed by atoms with Gasteiger partial charge in [-0.15, -0.1) is 11.3 Å². The fourth-order valence-electron chi connectivity index (χ4n) is 2.09. The van der Waals surface area contributed by atoms with E-state index in [1.54, 1.807) is 30.6 Å². The van der Waals surface area contributed by atoms with Crippen LogP contribution in [0.5, 0.6) is 5.75 Å². The van der Waals surface area contributed by atoms with E-state index in [1.165, 1.54) is 11.3 Å². The normalized spacial score (nSPS) is 10.4. The number of hydrogen-bond acceptors (Lipinski definition) is 4. The maximum atomic E-state index is 12.2. The van der Waals surface area contributed by atoms with Crippen LogP contribution in [0.2, 0.25) is 4.34 Å². The van der Waals surface area contributed by atoms with E-state index in [2.05, 4.69) is 10.3 Å². The van der Waals surface area contributed by atoms with Crippen molar-refractivity contribution < 1.29 is 9.53 Å². The summed E-state index contributed by atoms with van der Waals surface area (Å²) < 4.78 is 6.43. The Labute approximate surface area is 149 Å². The number of benzene rings is 1. The first kappa shape index (κ1) is 16.5. The summed E-state index contributed by atoms with van der Waals surface area (Å²) >= 11 is 7.34. The number of carbonyl (C=O) groups is 1. The highest BCUT2D eigenvalue weighted by Gasteiger charge is 2.08. The fraction of sp³-hybridized carbons (Fsp3) is 0.111. The smallest absolute Gasteiger partial charge is 0.251 e. The zero-order chi connectivity index (χ0) is 16.8. The van der Waals surface area contributed by atoms with Crippen LogP contribution in [-0.4, -0.2) is 10.9 Å². The molecule has 24 heavy (non-hydrogen) atoms. The molecule has 4 nitrogen and oxygen atoms in total. The third kappa shape index (κ3) is 4.57. The van der Waals surface area contributed by atoms with Crippen molar-refractivity contribution in [2.24, 2.45) is 0 Å². The average molecular weight is 359 g/mol. The zero-order valence-corrected chi connectivity index (χ0v) is 14.3. The Bertz CT molecular complexity index is 821. The number of pyridine rings is 1. The second-order valence-electron chi connectivity index (χ2n) is 5.07. The Morgan fingerprint density at radius 3 is 2.88 bits per heavy atom. The molecular weight excluding hydrogens is 344 g/mol. The molecular formula is C18H15ClN2O2S. The second kappa shape index (κ2) is 7.95. The van der Waals surface area contributed by atoms with Crippen LogP contribution in [0.1, 0.15) is 20.8 Å². The molecule has 6 heteroatoms. The van der Waals surface area contributed by atoms with E-state index < -0.39 is 0 Å². The van der Waals surface area contributed by atoms with Gasteiger partial charge in [0.05, 0.1) is 10.9 Å². The number of amides is 1. The second-order valence-corrected chi connectivity index (χ2v) is 6.87. The summed E-state index contributed by atoms with van der Waals surface area (Å²) in [5.74, 6) is 0.497. The van der Waals surface area contributed by atoms with Gasteiger partial charge in [0, 0.05) is 28.4 Å². The molecule has 1 N–H and O–H groups in total. The van der Waals surface area contributed by atoms with E-state index in [9.17, 15) is 4.79 Å². The highest BCUT2D eigenvalue weighted by atomic mass is 35.5. The number of halogens is 1. The van der Waals surface area contributed by atoms with Crippen LogP contribution in [-0.2, 0) is 13.2 Å². The molecule has 1 amide bonds. The van der Waals surface area contributed by atoms with E-state index in [-0.39, 0.29) is 5.91 Å². The molecule has 2 aromatic heterocycles. The molecule has 0 bridgehead atoms. The number of thiophene rings is 1. The number of aromatic nitrogens is 1. The van der Waals surface area contributed by atoms with E-state index in [4.69, 9.17) is 16.3 Å². The summed E-state index contributed by atoms with van der Waals surface area (Å²) in [6.45, 7) is 0.865. The van der Waals surface area contributed by atoms with Gasteiger partial charge in [-0.05, 0) is 36.4 Å². The lowest BCUT2D eigenvalue weighted by Gasteiger charge is -2.08. The third-order valence-corrected chi connectivity index (χ3v) is 4.51. The molecule has 0 unspecified atom stereocenters. The summed E-state index contributed by atoms with van der Waals surface area (Å²) in [7, 11) is 0. The summed E-state index contributed by atoms with van der Waals surface area (Å²) in [5, 5.41) is 2.88. The van der Waals surface area contributed by atoms with E-state index >= 15 is 0 Å². The molecule has 122 valence electrons. The SMILES string of the molecule is O=C(NCc1ccc(Cl)s1)c1cccc(OCc2cccnc2)c1. The van der Waals surface area contributed by atoms with Crippen molar-refractivity contribution in [3.05, 3.63) is 81.3 Å². The zero-order valence-electron chi connectivity index (χ0n) is 12.7. The summed E-state index contributed by atoms with van der Waals surface area (Å²) in [6.07, 6.45) is 3.47. The van der Waals surface area contributed by atoms with Gasteiger partial charge in [-0.2, -0.15) is 0 Å². The first-order chi connectivity index (χ1) is 11.7. The van der Waals surface area contributed by atoms with Gasteiger partial charge >= 0.3 is 0 Å². The van der Waals surface area contributed by atoms with Crippen LogP contribution in [0.4, 0.5) is 0 Å². The van der Waals surface area contributed by atoms with E-state index in [1.807, 2.05) is 30.3 Å². The maximum Gasteiger partial charge on any atom is 0.251 e. The van der Waals surface area contributed by atoms with Gasteiger partial charge in [0.15, 0.2) is 0 Å². The van der Waals surface area contributed by atoms with Crippen LogP contribution in [0.25, 0.3) is 0 Å². The molecule has 0 aliphatic rings. The third-order valence-electron chi connectivity index (χ3n) is 3.28. The lowest BCUT2D eigenvalue weighted by molar-refractivity contribution is 0.0951. The molecule has 0 atom stereocenters. The number of hydrogen-bond donors (Lipinski definition) is 1. The quantitative estimate of drug-likeness (QED) is 0.714. The van der Waals surface area contributed by atoms with Gasteiger partial charge < -0.3 is 10.1 Å². The summed E-state index contributed by atoms with van der Waals surface area (Å²) in [4.78, 5) is 17.3. The van der Waals surface area contributed by atoms with Crippen LogP contribution >= 0.6 is 22.9 Å². The molecule has 1 aromatic carbocycles. The molecule has 0 saturated carbocycles. The molecule has 2 heterocycles. The minimum atomic E-state index is -0.147. The largest absolute Gasteiger partial charge is 0.489 e. The Balaban J connectivity index is 1.58. The van der Waals surface area contributed by atoms with Crippen molar-refractivity contribution >= 4 is 28.8 Å². The molecule has 0 aliphatic heterocycles. The van der Waals surface area contributed by atoms with Crippen molar-refractivity contribution in [1.29, 1.82) is 0 Å². The Morgan fingerprint density at radius 2 is 2.12 bits per heavy atom. The van der Waals surface area contributed by atoms with Crippen molar-refractivity contribution in [2.45, 2.75) is 13.2 Å². The molecule has 0 aliphatic carbocycles. The predicted molar refractivity (Wildman–Crippen MR) is 95.5 cm³/mol. The minimum absolute atomic E-state index is 0.147. The number of rotatable bonds is 6. The minimum Gasteiger partial charge on any atom is -0.489 e. The Kier molecular flexibility index (Phi) is 5.46. The van der Waals surface area contributed by atoms with Gasteiger partial charge in [0.1, 0.15) is 12.4 Å². The monoisotopic (exact) mass is 358 g/mol. The summed E-state index contributed by atoms with van der Waals surface area (Å²) in [6, 6.07) is 14.6.